The molecule has 0 spiro atoms. The van der Waals surface area contributed by atoms with Crippen molar-refractivity contribution in [2.24, 2.45) is 0 Å². The minimum atomic E-state index is -3.09. The lowest BCUT2D eigenvalue weighted by Gasteiger charge is -2.13. The largest absolute Gasteiger partial charge is 0.356 e. The molecule has 1 fully saturated rings. The number of hydrogen-bond acceptors (Lipinski definition) is 3. The number of amides is 1. The average molecular weight is 289 g/mol. The lowest BCUT2D eigenvalue weighted by Crippen LogP contribution is -2.29. The highest BCUT2D eigenvalue weighted by Crippen LogP contribution is 2.18. The maximum atomic E-state index is 12.2. The molecule has 5 heteroatoms. The summed E-state index contributed by atoms with van der Waals surface area (Å²) in [5.74, 6) is 0.130. The summed E-state index contributed by atoms with van der Waals surface area (Å²) in [7, 11) is -3.09. The van der Waals surface area contributed by atoms with E-state index in [4.69, 9.17) is 0 Å². The van der Waals surface area contributed by atoms with Crippen LogP contribution in [-0.2, 0) is 14.6 Å². The highest BCUT2D eigenvalue weighted by atomic mass is 32.2. The molecule has 4 nitrogen and oxygen atoms in total. The molecule has 0 aromatic heterocycles. The smallest absolute Gasteiger partial charge is 0.221 e. The minimum Gasteiger partial charge on any atom is -0.356 e. The number of carbonyl (C=O) groups is 1. The Labute approximate surface area is 117 Å². The molecule has 1 atom stereocenters. The van der Waals surface area contributed by atoms with E-state index in [9.17, 15) is 13.2 Å². The molecule has 1 heterocycles. The molecule has 0 aromatic carbocycles. The van der Waals surface area contributed by atoms with Crippen LogP contribution in [0.3, 0.4) is 0 Å². The van der Waals surface area contributed by atoms with Gasteiger partial charge in [-0.25, -0.2) is 8.42 Å². The van der Waals surface area contributed by atoms with Gasteiger partial charge in [0.25, 0.3) is 0 Å². The first-order valence-electron chi connectivity index (χ1n) is 7.54. The molecule has 1 rings (SSSR count). The molecule has 1 amide bonds. The van der Waals surface area contributed by atoms with Crippen LogP contribution >= 0.6 is 0 Å². The van der Waals surface area contributed by atoms with Gasteiger partial charge in [0, 0.05) is 13.0 Å². The Balaban J connectivity index is 2.31. The Morgan fingerprint density at radius 2 is 1.84 bits per heavy atom. The zero-order valence-corrected chi connectivity index (χ0v) is 12.8. The van der Waals surface area contributed by atoms with Crippen molar-refractivity contribution < 1.29 is 13.2 Å². The molecule has 0 bridgehead atoms. The summed E-state index contributed by atoms with van der Waals surface area (Å²) < 4.78 is 24.4. The molecule has 0 aromatic rings. The topological polar surface area (TPSA) is 63.2 Å². The highest BCUT2D eigenvalue weighted by molar-refractivity contribution is 7.92. The van der Waals surface area contributed by atoms with Crippen molar-refractivity contribution in [3.63, 3.8) is 0 Å². The highest BCUT2D eigenvalue weighted by Gasteiger charge is 2.28. The summed E-state index contributed by atoms with van der Waals surface area (Å²) in [6, 6.07) is 0. The second-order valence-electron chi connectivity index (χ2n) is 5.45. The van der Waals surface area contributed by atoms with Crippen LogP contribution in [0.4, 0.5) is 0 Å². The van der Waals surface area contributed by atoms with Crippen LogP contribution < -0.4 is 5.32 Å². The third-order valence-electron chi connectivity index (χ3n) is 3.73. The van der Waals surface area contributed by atoms with E-state index in [0.717, 1.165) is 25.7 Å². The summed E-state index contributed by atoms with van der Waals surface area (Å²) in [6.45, 7) is 2.78. The Bertz CT molecular complexity index is 365. The molecule has 1 aliphatic rings. The van der Waals surface area contributed by atoms with Crippen LogP contribution in [0.5, 0.6) is 0 Å². The second kappa shape index (κ2) is 8.56. The van der Waals surface area contributed by atoms with Crippen LogP contribution in [-0.4, -0.2) is 31.9 Å². The van der Waals surface area contributed by atoms with Gasteiger partial charge >= 0.3 is 0 Å². The van der Waals surface area contributed by atoms with Crippen molar-refractivity contribution in [1.29, 1.82) is 0 Å². The zero-order valence-electron chi connectivity index (χ0n) is 12.0. The molecular weight excluding hydrogens is 262 g/mol. The van der Waals surface area contributed by atoms with Gasteiger partial charge in [-0.3, -0.25) is 4.79 Å². The predicted molar refractivity (Wildman–Crippen MR) is 77.8 cm³/mol. The minimum absolute atomic E-state index is 0.117. The van der Waals surface area contributed by atoms with Gasteiger partial charge in [-0.2, -0.15) is 0 Å². The summed E-state index contributed by atoms with van der Waals surface area (Å²) in [5.41, 5.74) is 0. The number of unbranched alkanes of at least 4 members (excludes halogenated alkanes) is 5. The number of hydrogen-bond donors (Lipinski definition) is 1. The van der Waals surface area contributed by atoms with Crippen LogP contribution in [0.2, 0.25) is 0 Å². The number of nitrogens with one attached hydrogen (secondary N) is 1. The zero-order chi connectivity index (χ0) is 14.1. The lowest BCUT2D eigenvalue weighted by molar-refractivity contribution is -0.120. The SMILES string of the molecule is CCCCCCCCS(=O)(=O)C1CCCNC(=O)C1. The lowest BCUT2D eigenvalue weighted by atomic mass is 10.1. The van der Waals surface area contributed by atoms with E-state index in [-0.39, 0.29) is 18.1 Å². The number of sulfone groups is 1. The van der Waals surface area contributed by atoms with Gasteiger partial charge in [0.2, 0.25) is 5.91 Å². The van der Waals surface area contributed by atoms with Gasteiger partial charge in [-0.15, -0.1) is 0 Å². The van der Waals surface area contributed by atoms with Gasteiger partial charge in [0.05, 0.1) is 11.0 Å². The molecule has 1 unspecified atom stereocenters. The van der Waals surface area contributed by atoms with E-state index in [1.165, 1.54) is 19.3 Å². The van der Waals surface area contributed by atoms with Crippen LogP contribution in [0.15, 0.2) is 0 Å². The molecule has 0 aliphatic carbocycles. The van der Waals surface area contributed by atoms with Crippen molar-refractivity contribution >= 4 is 15.7 Å². The van der Waals surface area contributed by atoms with E-state index < -0.39 is 15.1 Å². The first-order valence-corrected chi connectivity index (χ1v) is 9.26. The second-order valence-corrected chi connectivity index (χ2v) is 7.85. The van der Waals surface area contributed by atoms with Crippen molar-refractivity contribution in [3.8, 4) is 0 Å². The molecular formula is C14H27NO3S. The Kier molecular flexibility index (Phi) is 7.42. The fraction of sp³-hybridized carbons (Fsp3) is 0.929. The standard InChI is InChI=1S/C14H27NO3S/c1-2-3-4-5-6-7-11-19(17,18)13-9-8-10-15-14(16)12-13/h13H,2-12H2,1H3,(H,15,16). The van der Waals surface area contributed by atoms with Crippen molar-refractivity contribution in [2.75, 3.05) is 12.3 Å². The maximum absolute atomic E-state index is 12.2. The maximum Gasteiger partial charge on any atom is 0.221 e. The van der Waals surface area contributed by atoms with Crippen molar-refractivity contribution in [2.45, 2.75) is 70.0 Å². The summed E-state index contributed by atoms with van der Waals surface area (Å²) >= 11 is 0. The number of carbonyl (C=O) groups excluding carboxylic acids is 1. The van der Waals surface area contributed by atoms with Gasteiger partial charge in [0.15, 0.2) is 9.84 Å². The van der Waals surface area contributed by atoms with E-state index in [2.05, 4.69) is 12.2 Å². The average Bonchev–Trinajstić information content (AvgIpc) is 2.59. The van der Waals surface area contributed by atoms with Crippen LogP contribution in [0.25, 0.3) is 0 Å². The predicted octanol–water partition coefficient (Wildman–Crippen LogP) is 2.43. The Hall–Kier alpha value is -0.580. The molecule has 1 saturated heterocycles. The molecule has 0 radical (unpaired) electrons. The fourth-order valence-electron chi connectivity index (χ4n) is 2.50. The third kappa shape index (κ3) is 6.41. The monoisotopic (exact) mass is 289 g/mol. The van der Waals surface area contributed by atoms with Crippen LogP contribution in [0, 0.1) is 0 Å². The Morgan fingerprint density at radius 1 is 1.16 bits per heavy atom. The molecule has 1 aliphatic heterocycles. The van der Waals surface area contributed by atoms with Gasteiger partial charge in [0.1, 0.15) is 0 Å². The molecule has 19 heavy (non-hydrogen) atoms. The molecule has 1 N–H and O–H groups in total. The van der Waals surface area contributed by atoms with Crippen molar-refractivity contribution in [3.05, 3.63) is 0 Å². The van der Waals surface area contributed by atoms with Gasteiger partial charge in [-0.05, 0) is 19.3 Å². The summed E-state index contributed by atoms with van der Waals surface area (Å²) in [5, 5.41) is 2.28. The quantitative estimate of drug-likeness (QED) is 0.698. The Morgan fingerprint density at radius 3 is 2.58 bits per heavy atom. The van der Waals surface area contributed by atoms with E-state index in [0.29, 0.717) is 13.0 Å². The molecule has 112 valence electrons. The van der Waals surface area contributed by atoms with Gasteiger partial charge in [-0.1, -0.05) is 39.0 Å². The first-order chi connectivity index (χ1) is 9.06. The summed E-state index contributed by atoms with van der Waals surface area (Å²) in [6.07, 6.45) is 8.02. The van der Waals surface area contributed by atoms with E-state index >= 15 is 0 Å². The van der Waals surface area contributed by atoms with Gasteiger partial charge < -0.3 is 5.32 Å². The van der Waals surface area contributed by atoms with E-state index in [1.807, 2.05) is 0 Å². The van der Waals surface area contributed by atoms with Crippen molar-refractivity contribution in [1.82, 2.24) is 5.32 Å². The van der Waals surface area contributed by atoms with Crippen LogP contribution in [0.1, 0.15) is 64.7 Å². The number of rotatable bonds is 8. The first kappa shape index (κ1) is 16.5. The summed E-state index contributed by atoms with van der Waals surface area (Å²) in [4.78, 5) is 11.4. The molecule has 0 saturated carbocycles. The fourth-order valence-corrected chi connectivity index (χ4v) is 4.37. The normalized spacial score (nSPS) is 20.9. The third-order valence-corrected chi connectivity index (χ3v) is 6.00. The van der Waals surface area contributed by atoms with E-state index in [1.54, 1.807) is 0 Å².